The van der Waals surface area contributed by atoms with Gasteiger partial charge in [0.15, 0.2) is 11.5 Å². The zero-order chi connectivity index (χ0) is 15.0. The number of carbonyl (C=O) groups excluding carboxylic acids is 1. The summed E-state index contributed by atoms with van der Waals surface area (Å²) >= 11 is 5.87. The molecule has 3 N–H and O–H groups in total. The van der Waals surface area contributed by atoms with Crippen LogP contribution in [0, 0.1) is 0 Å². The second kappa shape index (κ2) is 5.14. The number of H-pyrrole nitrogens is 1. The van der Waals surface area contributed by atoms with Gasteiger partial charge in [-0.3, -0.25) is 5.10 Å². The fraction of sp³-hybridized carbons (Fsp3) is 0.143. The van der Waals surface area contributed by atoms with Crippen LogP contribution in [0.15, 0.2) is 30.5 Å². The Kier molecular flexibility index (Phi) is 3.31. The fourth-order valence-corrected chi connectivity index (χ4v) is 2.24. The number of hydrogen-bond donors (Lipinski definition) is 2. The second-order valence-corrected chi connectivity index (χ2v) is 4.86. The number of nitrogen functional groups attached to an aromatic ring is 1. The van der Waals surface area contributed by atoms with E-state index in [1.807, 2.05) is 12.1 Å². The molecule has 0 atom stereocenters. The van der Waals surface area contributed by atoms with Crippen molar-refractivity contribution in [2.45, 2.75) is 6.92 Å². The number of fused-ring (bicyclic) bond motifs is 1. The van der Waals surface area contributed by atoms with Crippen LogP contribution in [0.5, 0.6) is 0 Å². The first-order chi connectivity index (χ1) is 10.1. The van der Waals surface area contributed by atoms with Crippen LogP contribution in [0.1, 0.15) is 17.3 Å². The fourth-order valence-electron chi connectivity index (χ4n) is 2.12. The molecule has 7 heteroatoms. The van der Waals surface area contributed by atoms with E-state index in [1.165, 1.54) is 6.20 Å². The Morgan fingerprint density at radius 3 is 2.81 bits per heavy atom. The van der Waals surface area contributed by atoms with Gasteiger partial charge in [-0.25, -0.2) is 14.3 Å². The van der Waals surface area contributed by atoms with Gasteiger partial charge >= 0.3 is 5.97 Å². The van der Waals surface area contributed by atoms with E-state index in [9.17, 15) is 4.79 Å². The van der Waals surface area contributed by atoms with Gasteiger partial charge in [0.25, 0.3) is 0 Å². The summed E-state index contributed by atoms with van der Waals surface area (Å²) in [6, 6.07) is 7.17. The van der Waals surface area contributed by atoms with Crippen molar-refractivity contribution in [3.05, 3.63) is 41.0 Å². The minimum atomic E-state index is -0.434. The molecule has 0 saturated heterocycles. The predicted octanol–water partition coefficient (Wildman–Crippen LogP) is 2.74. The van der Waals surface area contributed by atoms with Crippen molar-refractivity contribution in [2.24, 2.45) is 0 Å². The Hall–Kier alpha value is -2.47. The molecule has 6 nitrogen and oxygen atoms in total. The summed E-state index contributed by atoms with van der Waals surface area (Å²) in [6.45, 7) is 2.05. The van der Waals surface area contributed by atoms with Crippen LogP contribution in [0.4, 0.5) is 5.82 Å². The van der Waals surface area contributed by atoms with Gasteiger partial charge in [-0.15, -0.1) is 0 Å². The summed E-state index contributed by atoms with van der Waals surface area (Å²) in [7, 11) is 0. The highest BCUT2D eigenvalue weighted by atomic mass is 35.5. The van der Waals surface area contributed by atoms with Crippen LogP contribution in [0.3, 0.4) is 0 Å². The number of halogens is 1. The molecule has 3 aromatic rings. The number of ether oxygens (including phenoxy) is 1. The van der Waals surface area contributed by atoms with Crippen LogP contribution in [0.25, 0.3) is 16.9 Å². The Morgan fingerprint density at radius 2 is 2.14 bits per heavy atom. The van der Waals surface area contributed by atoms with Gasteiger partial charge in [-0.05, 0) is 19.1 Å². The highest BCUT2D eigenvalue weighted by Crippen LogP contribution is 2.28. The molecule has 0 radical (unpaired) electrons. The highest BCUT2D eigenvalue weighted by molar-refractivity contribution is 6.30. The average Bonchev–Trinajstić information content (AvgIpc) is 3.01. The Balaban J connectivity index is 2.11. The lowest BCUT2D eigenvalue weighted by Gasteiger charge is -1.99. The van der Waals surface area contributed by atoms with Crippen molar-refractivity contribution in [1.29, 1.82) is 0 Å². The van der Waals surface area contributed by atoms with Crippen LogP contribution in [-0.4, -0.2) is 27.2 Å². The monoisotopic (exact) mass is 304 g/mol. The van der Waals surface area contributed by atoms with E-state index in [4.69, 9.17) is 22.1 Å². The van der Waals surface area contributed by atoms with Gasteiger partial charge in [-0.1, -0.05) is 23.7 Å². The van der Waals surface area contributed by atoms with E-state index in [0.29, 0.717) is 34.4 Å². The molecule has 0 aliphatic rings. The number of imidazole rings is 1. The number of aromatic nitrogens is 3. The van der Waals surface area contributed by atoms with Gasteiger partial charge in [0.05, 0.1) is 6.61 Å². The number of hydrogen-bond acceptors (Lipinski definition) is 4. The van der Waals surface area contributed by atoms with Gasteiger partial charge in [0, 0.05) is 16.8 Å². The molecular weight excluding hydrogens is 292 g/mol. The lowest BCUT2D eigenvalue weighted by molar-refractivity contribution is 0.0528. The number of esters is 1. The Labute approximate surface area is 125 Å². The normalized spacial score (nSPS) is 11.0. The maximum Gasteiger partial charge on any atom is 0.343 e. The van der Waals surface area contributed by atoms with E-state index in [-0.39, 0.29) is 0 Å². The van der Waals surface area contributed by atoms with Crippen molar-refractivity contribution in [3.63, 3.8) is 0 Å². The Bertz CT molecular complexity index is 804. The summed E-state index contributed by atoms with van der Waals surface area (Å²) in [5.41, 5.74) is 8.28. The second-order valence-electron chi connectivity index (χ2n) is 4.42. The molecule has 0 spiro atoms. The first-order valence-electron chi connectivity index (χ1n) is 6.40. The van der Waals surface area contributed by atoms with E-state index < -0.39 is 5.97 Å². The summed E-state index contributed by atoms with van der Waals surface area (Å²) in [5, 5.41) is 3.53. The van der Waals surface area contributed by atoms with Crippen LogP contribution in [0.2, 0.25) is 5.02 Å². The summed E-state index contributed by atoms with van der Waals surface area (Å²) < 4.78 is 6.55. The number of carbonyl (C=O) groups is 1. The molecule has 108 valence electrons. The molecule has 2 heterocycles. The lowest BCUT2D eigenvalue weighted by atomic mass is 10.1. The maximum atomic E-state index is 11.9. The largest absolute Gasteiger partial charge is 0.462 e. The number of nitrogens with two attached hydrogens (primary N) is 1. The van der Waals surface area contributed by atoms with E-state index in [0.717, 1.165) is 5.56 Å². The van der Waals surface area contributed by atoms with E-state index in [2.05, 4.69) is 10.1 Å². The first-order valence-corrected chi connectivity index (χ1v) is 6.78. The topological polar surface area (TPSA) is 85.4 Å². The van der Waals surface area contributed by atoms with Gasteiger partial charge in [0.2, 0.25) is 0 Å². The molecule has 2 aromatic heterocycles. The minimum Gasteiger partial charge on any atom is -0.462 e. The Morgan fingerprint density at radius 1 is 1.43 bits per heavy atom. The van der Waals surface area contributed by atoms with E-state index >= 15 is 0 Å². The van der Waals surface area contributed by atoms with Crippen molar-refractivity contribution >= 4 is 29.0 Å². The molecule has 1 aromatic carbocycles. The van der Waals surface area contributed by atoms with Gasteiger partial charge < -0.3 is 10.5 Å². The molecule has 0 saturated carbocycles. The van der Waals surface area contributed by atoms with Crippen molar-refractivity contribution in [1.82, 2.24) is 14.6 Å². The molecule has 0 amide bonds. The smallest absolute Gasteiger partial charge is 0.343 e. The average molecular weight is 305 g/mol. The molecular formula is C14H13ClN4O2. The lowest BCUT2D eigenvalue weighted by Crippen LogP contribution is -2.04. The van der Waals surface area contributed by atoms with Crippen molar-refractivity contribution in [2.75, 3.05) is 12.3 Å². The predicted molar refractivity (Wildman–Crippen MR) is 80.4 cm³/mol. The third-order valence-corrected chi connectivity index (χ3v) is 3.36. The standard InChI is InChI=1S/C14H13ClN4O2/c1-2-21-14(20)10-7-17-19-12(16)11(18-13(10)19)8-3-5-9(15)6-4-8/h3-7,17H,2,16H2,1H3. The molecule has 0 aliphatic heterocycles. The van der Waals surface area contributed by atoms with Crippen LogP contribution < -0.4 is 5.73 Å². The molecule has 0 unspecified atom stereocenters. The molecule has 0 aliphatic carbocycles. The third kappa shape index (κ3) is 2.23. The van der Waals surface area contributed by atoms with Gasteiger partial charge in [0.1, 0.15) is 11.3 Å². The number of anilines is 1. The third-order valence-electron chi connectivity index (χ3n) is 3.10. The maximum absolute atomic E-state index is 11.9. The molecule has 0 bridgehead atoms. The molecule has 21 heavy (non-hydrogen) atoms. The zero-order valence-corrected chi connectivity index (χ0v) is 12.0. The quantitative estimate of drug-likeness (QED) is 0.729. The number of benzene rings is 1. The summed E-state index contributed by atoms with van der Waals surface area (Å²) in [4.78, 5) is 16.3. The highest BCUT2D eigenvalue weighted by Gasteiger charge is 2.20. The van der Waals surface area contributed by atoms with Gasteiger partial charge in [-0.2, -0.15) is 0 Å². The van der Waals surface area contributed by atoms with Crippen LogP contribution in [-0.2, 0) is 4.74 Å². The molecule has 3 rings (SSSR count). The zero-order valence-electron chi connectivity index (χ0n) is 11.3. The van der Waals surface area contributed by atoms with Crippen molar-refractivity contribution < 1.29 is 9.53 Å². The first kappa shape index (κ1) is 13.5. The van der Waals surface area contributed by atoms with Crippen LogP contribution >= 0.6 is 11.6 Å². The number of nitrogens with one attached hydrogen (secondary N) is 1. The summed E-state index contributed by atoms with van der Waals surface area (Å²) in [5.74, 6) is -0.0146. The van der Waals surface area contributed by atoms with E-state index in [1.54, 1.807) is 23.6 Å². The summed E-state index contributed by atoms with van der Waals surface area (Å²) in [6.07, 6.45) is 1.53. The number of nitrogens with zero attached hydrogens (tertiary/aromatic N) is 2. The SMILES string of the molecule is CCOC(=O)c1c[nH]n2c(N)c(-c3ccc(Cl)cc3)nc12. The number of aromatic amines is 1. The minimum absolute atomic E-state index is 0.302. The number of rotatable bonds is 3. The van der Waals surface area contributed by atoms with Crippen molar-refractivity contribution in [3.8, 4) is 11.3 Å². The molecule has 0 fully saturated rings.